The number of nitrogens with zero attached hydrogens (tertiary/aromatic N) is 1. The van der Waals surface area contributed by atoms with Crippen LogP contribution in [-0.4, -0.2) is 12.6 Å². The molecule has 0 aliphatic heterocycles. The molecule has 0 saturated heterocycles. The third-order valence-electron chi connectivity index (χ3n) is 3.73. The second-order valence-electron chi connectivity index (χ2n) is 5.51. The predicted octanol–water partition coefficient (Wildman–Crippen LogP) is 5.05. The highest BCUT2D eigenvalue weighted by atomic mass is 19.3. The van der Waals surface area contributed by atoms with E-state index in [1.165, 1.54) is 24.3 Å². The van der Waals surface area contributed by atoms with Crippen molar-refractivity contribution in [2.24, 2.45) is 0 Å². The molecule has 0 aliphatic carbocycles. The number of ether oxygens (including phenoxy) is 2. The Morgan fingerprint density at radius 3 is 1.85 bits per heavy atom. The number of benzene rings is 3. The summed E-state index contributed by atoms with van der Waals surface area (Å²) in [6, 6.07) is 21.3. The summed E-state index contributed by atoms with van der Waals surface area (Å²) in [5.74, 6) is -0.289. The molecule has 0 aliphatic rings. The molecular weight excluding hydrogens is 352 g/mol. The first kappa shape index (κ1) is 18.1. The fraction of sp³-hybridized carbons (Fsp3) is 0.0476. The van der Waals surface area contributed by atoms with Crippen molar-refractivity contribution in [2.45, 2.75) is 6.61 Å². The van der Waals surface area contributed by atoms with E-state index in [4.69, 9.17) is 10.00 Å². The van der Waals surface area contributed by atoms with Gasteiger partial charge in [-0.2, -0.15) is 14.0 Å². The molecule has 4 nitrogen and oxygen atoms in total. The number of esters is 1. The molecule has 3 aromatic rings. The molecule has 0 fully saturated rings. The van der Waals surface area contributed by atoms with E-state index < -0.39 is 12.6 Å². The molecule has 27 heavy (non-hydrogen) atoms. The first-order valence-corrected chi connectivity index (χ1v) is 7.93. The van der Waals surface area contributed by atoms with Gasteiger partial charge in [0.2, 0.25) is 0 Å². The van der Waals surface area contributed by atoms with Gasteiger partial charge >= 0.3 is 12.6 Å². The van der Waals surface area contributed by atoms with E-state index in [1.54, 1.807) is 36.4 Å². The quantitative estimate of drug-likeness (QED) is 0.469. The minimum absolute atomic E-state index is 0.0340. The lowest BCUT2D eigenvalue weighted by Crippen LogP contribution is -2.08. The minimum atomic E-state index is -2.92. The standard InChI is InChI=1S/C21H13F2NO3/c22-21(23)27-19-11-7-17(8-12-19)20(25)26-18-9-5-16(6-10-18)15-3-1-14(13-24)2-4-15/h1-12,21H. The predicted molar refractivity (Wildman–Crippen MR) is 94.6 cm³/mol. The van der Waals surface area contributed by atoms with Gasteiger partial charge in [0.25, 0.3) is 0 Å². The molecule has 0 saturated carbocycles. The van der Waals surface area contributed by atoms with Crippen molar-refractivity contribution >= 4 is 5.97 Å². The molecule has 0 bridgehead atoms. The average Bonchev–Trinajstić information content (AvgIpc) is 2.69. The summed E-state index contributed by atoms with van der Waals surface area (Å²) in [6.45, 7) is -2.92. The molecule has 6 heteroatoms. The van der Waals surface area contributed by atoms with E-state index in [-0.39, 0.29) is 11.3 Å². The second-order valence-corrected chi connectivity index (χ2v) is 5.51. The topological polar surface area (TPSA) is 59.3 Å². The van der Waals surface area contributed by atoms with Crippen LogP contribution in [0.1, 0.15) is 15.9 Å². The first-order chi connectivity index (χ1) is 13.0. The molecular formula is C21H13F2NO3. The Kier molecular flexibility index (Phi) is 5.43. The van der Waals surface area contributed by atoms with Gasteiger partial charge in [0, 0.05) is 0 Å². The summed E-state index contributed by atoms with van der Waals surface area (Å²) in [7, 11) is 0. The normalized spacial score (nSPS) is 10.3. The van der Waals surface area contributed by atoms with Crippen molar-refractivity contribution in [1.29, 1.82) is 5.26 Å². The van der Waals surface area contributed by atoms with Gasteiger partial charge in [-0.25, -0.2) is 4.79 Å². The summed E-state index contributed by atoms with van der Waals surface area (Å²) in [5, 5.41) is 8.83. The van der Waals surface area contributed by atoms with Crippen LogP contribution in [0.15, 0.2) is 72.8 Å². The van der Waals surface area contributed by atoms with Gasteiger partial charge in [0.1, 0.15) is 11.5 Å². The number of carbonyl (C=O) groups excluding carboxylic acids is 1. The lowest BCUT2D eigenvalue weighted by molar-refractivity contribution is -0.0498. The average molecular weight is 365 g/mol. The lowest BCUT2D eigenvalue weighted by Gasteiger charge is -2.07. The maximum Gasteiger partial charge on any atom is 0.387 e. The summed E-state index contributed by atoms with van der Waals surface area (Å²) in [6.07, 6.45) is 0. The van der Waals surface area contributed by atoms with Gasteiger partial charge in [0.15, 0.2) is 0 Å². The fourth-order valence-electron chi connectivity index (χ4n) is 2.39. The summed E-state index contributed by atoms with van der Waals surface area (Å²) in [4.78, 5) is 12.1. The van der Waals surface area contributed by atoms with E-state index in [0.29, 0.717) is 11.3 Å². The molecule has 0 heterocycles. The van der Waals surface area contributed by atoms with E-state index >= 15 is 0 Å². The molecule has 0 atom stereocenters. The Morgan fingerprint density at radius 2 is 1.33 bits per heavy atom. The third kappa shape index (κ3) is 4.67. The van der Waals surface area contributed by atoms with Crippen molar-refractivity contribution < 1.29 is 23.0 Å². The summed E-state index contributed by atoms with van der Waals surface area (Å²) < 4.78 is 33.8. The SMILES string of the molecule is N#Cc1ccc(-c2ccc(OC(=O)c3ccc(OC(F)F)cc3)cc2)cc1. The van der Waals surface area contributed by atoms with E-state index in [1.807, 2.05) is 12.1 Å². The van der Waals surface area contributed by atoms with Crippen molar-refractivity contribution in [3.8, 4) is 28.7 Å². The highest BCUT2D eigenvalue weighted by Crippen LogP contribution is 2.23. The minimum Gasteiger partial charge on any atom is -0.435 e. The molecule has 0 spiro atoms. The number of hydrogen-bond donors (Lipinski definition) is 0. The van der Waals surface area contributed by atoms with Crippen molar-refractivity contribution in [3.63, 3.8) is 0 Å². The van der Waals surface area contributed by atoms with E-state index in [2.05, 4.69) is 10.8 Å². The van der Waals surface area contributed by atoms with Gasteiger partial charge in [-0.15, -0.1) is 0 Å². The van der Waals surface area contributed by atoms with Crippen LogP contribution < -0.4 is 9.47 Å². The Morgan fingerprint density at radius 1 is 0.815 bits per heavy atom. The monoisotopic (exact) mass is 365 g/mol. The molecule has 0 aromatic heterocycles. The van der Waals surface area contributed by atoms with Gasteiger partial charge < -0.3 is 9.47 Å². The number of nitriles is 1. The maximum atomic E-state index is 12.1. The van der Waals surface area contributed by atoms with Crippen molar-refractivity contribution in [3.05, 3.63) is 83.9 Å². The van der Waals surface area contributed by atoms with Crippen LogP contribution >= 0.6 is 0 Å². The summed E-state index contributed by atoms with van der Waals surface area (Å²) >= 11 is 0. The highest BCUT2D eigenvalue weighted by molar-refractivity contribution is 5.91. The molecule has 3 aromatic carbocycles. The zero-order valence-corrected chi connectivity index (χ0v) is 13.9. The smallest absolute Gasteiger partial charge is 0.387 e. The van der Waals surface area contributed by atoms with E-state index in [0.717, 1.165) is 11.1 Å². The van der Waals surface area contributed by atoms with Crippen LogP contribution in [-0.2, 0) is 0 Å². The first-order valence-electron chi connectivity index (χ1n) is 7.93. The highest BCUT2D eigenvalue weighted by Gasteiger charge is 2.10. The largest absolute Gasteiger partial charge is 0.435 e. The summed E-state index contributed by atoms with van der Waals surface area (Å²) in [5.41, 5.74) is 2.64. The van der Waals surface area contributed by atoms with Crippen LogP contribution in [0, 0.1) is 11.3 Å². The number of hydrogen-bond acceptors (Lipinski definition) is 4. The number of carbonyl (C=O) groups is 1. The van der Waals surface area contributed by atoms with Crippen molar-refractivity contribution in [1.82, 2.24) is 0 Å². The Balaban J connectivity index is 1.66. The Bertz CT molecular complexity index is 960. The number of alkyl halides is 2. The van der Waals surface area contributed by atoms with Gasteiger partial charge in [-0.3, -0.25) is 0 Å². The Hall–Kier alpha value is -3.72. The lowest BCUT2D eigenvalue weighted by atomic mass is 10.0. The number of rotatable bonds is 5. The number of halogens is 2. The molecule has 0 N–H and O–H groups in total. The van der Waals surface area contributed by atoms with Crippen LogP contribution in [0.2, 0.25) is 0 Å². The zero-order valence-electron chi connectivity index (χ0n) is 13.9. The van der Waals surface area contributed by atoms with E-state index in [9.17, 15) is 13.6 Å². The van der Waals surface area contributed by atoms with Crippen LogP contribution in [0.3, 0.4) is 0 Å². The van der Waals surface area contributed by atoms with Gasteiger partial charge in [-0.1, -0.05) is 24.3 Å². The molecule has 0 unspecified atom stereocenters. The van der Waals surface area contributed by atoms with Crippen LogP contribution in [0.5, 0.6) is 11.5 Å². The van der Waals surface area contributed by atoms with Gasteiger partial charge in [-0.05, 0) is 59.7 Å². The second kappa shape index (κ2) is 8.11. The molecule has 3 rings (SSSR count). The molecule has 134 valence electrons. The molecule has 0 radical (unpaired) electrons. The van der Waals surface area contributed by atoms with Crippen molar-refractivity contribution in [2.75, 3.05) is 0 Å². The maximum absolute atomic E-state index is 12.1. The van der Waals surface area contributed by atoms with Crippen LogP contribution in [0.25, 0.3) is 11.1 Å². The fourth-order valence-corrected chi connectivity index (χ4v) is 2.39. The van der Waals surface area contributed by atoms with Gasteiger partial charge in [0.05, 0.1) is 17.2 Å². The zero-order chi connectivity index (χ0) is 19.2. The third-order valence-corrected chi connectivity index (χ3v) is 3.73. The Labute approximate surface area is 154 Å². The van der Waals surface area contributed by atoms with Crippen LogP contribution in [0.4, 0.5) is 8.78 Å². The molecule has 0 amide bonds.